The van der Waals surface area contributed by atoms with Crippen LogP contribution in [0.25, 0.3) is 0 Å². The molecule has 0 amide bonds. The van der Waals surface area contributed by atoms with Crippen LogP contribution in [-0.2, 0) is 0 Å². The summed E-state index contributed by atoms with van der Waals surface area (Å²) in [5, 5.41) is 0.825. The Hall–Kier alpha value is -0.830. The van der Waals surface area contributed by atoms with Crippen LogP contribution in [0.1, 0.15) is 35.4 Å². The summed E-state index contributed by atoms with van der Waals surface area (Å²) in [5.74, 6) is 0.592. The predicted molar refractivity (Wildman–Crippen MR) is 57.2 cm³/mol. The third-order valence-electron chi connectivity index (χ3n) is 2.75. The number of hydrogen-bond acceptors (Lipinski definition) is 3. The van der Waals surface area contributed by atoms with Gasteiger partial charge in [-0.05, 0) is 25.0 Å². The van der Waals surface area contributed by atoms with Gasteiger partial charge in [-0.25, -0.2) is 0 Å². The standard InChI is InChI=1S/C11H14O2S/c1-13-10-7-6-9(14-10)11(12)8-4-2-3-5-8/h6-8H,2-5H2,1H3. The van der Waals surface area contributed by atoms with Crippen LogP contribution in [0.5, 0.6) is 5.06 Å². The molecule has 0 aromatic carbocycles. The van der Waals surface area contributed by atoms with Crippen LogP contribution < -0.4 is 4.74 Å². The third-order valence-corrected chi connectivity index (χ3v) is 3.81. The van der Waals surface area contributed by atoms with Gasteiger partial charge in [0.05, 0.1) is 12.0 Å². The lowest BCUT2D eigenvalue weighted by atomic mass is 10.0. The van der Waals surface area contributed by atoms with Crippen LogP contribution in [0.3, 0.4) is 0 Å². The second-order valence-corrected chi connectivity index (χ2v) is 4.71. The highest BCUT2D eigenvalue weighted by molar-refractivity contribution is 7.15. The van der Waals surface area contributed by atoms with Gasteiger partial charge < -0.3 is 4.74 Å². The van der Waals surface area contributed by atoms with Crippen molar-refractivity contribution in [2.75, 3.05) is 7.11 Å². The average molecular weight is 210 g/mol. The number of ether oxygens (including phenoxy) is 1. The first-order chi connectivity index (χ1) is 6.81. The van der Waals surface area contributed by atoms with E-state index in [0.29, 0.717) is 5.78 Å². The zero-order chi connectivity index (χ0) is 9.97. The first-order valence-electron chi connectivity index (χ1n) is 4.99. The summed E-state index contributed by atoms with van der Waals surface area (Å²) >= 11 is 1.46. The average Bonchev–Trinajstić information content (AvgIpc) is 2.88. The van der Waals surface area contributed by atoms with Crippen LogP contribution in [0.4, 0.5) is 0 Å². The highest BCUT2D eigenvalue weighted by Crippen LogP contribution is 2.32. The second kappa shape index (κ2) is 4.13. The summed E-state index contributed by atoms with van der Waals surface area (Å²) in [5.41, 5.74) is 0. The molecule has 1 saturated carbocycles. The van der Waals surface area contributed by atoms with Gasteiger partial charge in [0.25, 0.3) is 0 Å². The smallest absolute Gasteiger partial charge is 0.175 e. The van der Waals surface area contributed by atoms with E-state index in [1.54, 1.807) is 7.11 Å². The van der Waals surface area contributed by atoms with Crippen molar-refractivity contribution in [2.45, 2.75) is 25.7 Å². The zero-order valence-corrected chi connectivity index (χ0v) is 9.10. The summed E-state index contributed by atoms with van der Waals surface area (Å²) in [6, 6.07) is 3.75. The van der Waals surface area contributed by atoms with Crippen LogP contribution in [0.15, 0.2) is 12.1 Å². The van der Waals surface area contributed by atoms with Crippen molar-refractivity contribution < 1.29 is 9.53 Å². The van der Waals surface area contributed by atoms with Gasteiger partial charge in [0.15, 0.2) is 10.8 Å². The van der Waals surface area contributed by atoms with Crippen molar-refractivity contribution in [2.24, 2.45) is 5.92 Å². The number of thiophene rings is 1. The Balaban J connectivity index is 2.09. The molecule has 0 atom stereocenters. The Kier molecular flexibility index (Phi) is 2.87. The van der Waals surface area contributed by atoms with Gasteiger partial charge in [0, 0.05) is 5.92 Å². The lowest BCUT2D eigenvalue weighted by Crippen LogP contribution is -2.08. The molecule has 0 radical (unpaired) electrons. The Bertz CT molecular complexity index is 324. The van der Waals surface area contributed by atoms with Crippen LogP contribution >= 0.6 is 11.3 Å². The maximum Gasteiger partial charge on any atom is 0.175 e. The van der Waals surface area contributed by atoms with E-state index < -0.39 is 0 Å². The quantitative estimate of drug-likeness (QED) is 0.716. The number of Topliss-reactive ketones (excluding diaryl/α,β-unsaturated/α-hetero) is 1. The highest BCUT2D eigenvalue weighted by Gasteiger charge is 2.24. The molecule has 76 valence electrons. The van der Waals surface area contributed by atoms with Crippen molar-refractivity contribution in [3.8, 4) is 5.06 Å². The van der Waals surface area contributed by atoms with Gasteiger partial charge in [-0.3, -0.25) is 4.79 Å². The van der Waals surface area contributed by atoms with Crippen molar-refractivity contribution in [3.63, 3.8) is 0 Å². The molecule has 1 aliphatic rings. The lowest BCUT2D eigenvalue weighted by Gasteiger charge is -2.04. The summed E-state index contributed by atoms with van der Waals surface area (Å²) in [4.78, 5) is 12.8. The monoisotopic (exact) mass is 210 g/mol. The van der Waals surface area contributed by atoms with Gasteiger partial charge >= 0.3 is 0 Å². The Morgan fingerprint density at radius 1 is 1.43 bits per heavy atom. The van der Waals surface area contributed by atoms with Crippen molar-refractivity contribution in [3.05, 3.63) is 17.0 Å². The molecule has 0 aliphatic heterocycles. The van der Waals surface area contributed by atoms with Crippen molar-refractivity contribution in [1.29, 1.82) is 0 Å². The molecular weight excluding hydrogens is 196 g/mol. The maximum atomic E-state index is 11.9. The van der Waals surface area contributed by atoms with Gasteiger partial charge in [0.1, 0.15) is 0 Å². The van der Waals surface area contributed by atoms with Gasteiger partial charge in [-0.2, -0.15) is 0 Å². The minimum atomic E-state index is 0.276. The van der Waals surface area contributed by atoms with Crippen LogP contribution in [-0.4, -0.2) is 12.9 Å². The molecule has 2 rings (SSSR count). The van der Waals surface area contributed by atoms with E-state index in [9.17, 15) is 4.79 Å². The van der Waals surface area contributed by atoms with E-state index in [0.717, 1.165) is 22.8 Å². The topological polar surface area (TPSA) is 26.3 Å². The predicted octanol–water partition coefficient (Wildman–Crippen LogP) is 3.13. The first-order valence-corrected chi connectivity index (χ1v) is 5.81. The van der Waals surface area contributed by atoms with E-state index in [1.165, 1.54) is 24.2 Å². The van der Waals surface area contributed by atoms with E-state index in [-0.39, 0.29) is 5.92 Å². The fourth-order valence-electron chi connectivity index (χ4n) is 1.95. The van der Waals surface area contributed by atoms with Crippen LogP contribution in [0.2, 0.25) is 0 Å². The minimum Gasteiger partial charge on any atom is -0.487 e. The summed E-state index contributed by atoms with van der Waals surface area (Å²) in [6.45, 7) is 0. The SMILES string of the molecule is COc1ccc(C(=O)C2CCCC2)s1. The Morgan fingerprint density at radius 2 is 2.14 bits per heavy atom. The van der Waals surface area contributed by atoms with Crippen molar-refractivity contribution >= 4 is 17.1 Å². The molecule has 14 heavy (non-hydrogen) atoms. The summed E-state index contributed by atoms with van der Waals surface area (Å²) in [6.07, 6.45) is 4.55. The normalized spacial score (nSPS) is 17.2. The Morgan fingerprint density at radius 3 is 2.71 bits per heavy atom. The summed E-state index contributed by atoms with van der Waals surface area (Å²) in [7, 11) is 1.63. The van der Waals surface area contributed by atoms with E-state index in [4.69, 9.17) is 4.74 Å². The molecule has 0 unspecified atom stereocenters. The fourth-order valence-corrected chi connectivity index (χ4v) is 2.79. The summed E-state index contributed by atoms with van der Waals surface area (Å²) < 4.78 is 5.07. The molecule has 1 heterocycles. The van der Waals surface area contributed by atoms with E-state index >= 15 is 0 Å². The minimum absolute atomic E-state index is 0.276. The Labute approximate surface area is 87.9 Å². The molecule has 1 aromatic rings. The largest absolute Gasteiger partial charge is 0.487 e. The molecular formula is C11H14O2S. The molecule has 3 heteroatoms. The number of carbonyl (C=O) groups is 1. The van der Waals surface area contributed by atoms with E-state index in [1.807, 2.05) is 12.1 Å². The van der Waals surface area contributed by atoms with Gasteiger partial charge in [-0.1, -0.05) is 24.2 Å². The second-order valence-electron chi connectivity index (χ2n) is 3.67. The molecule has 1 aromatic heterocycles. The number of methoxy groups -OCH3 is 1. The number of carbonyl (C=O) groups excluding carboxylic acids is 1. The molecule has 0 N–H and O–H groups in total. The van der Waals surface area contributed by atoms with Gasteiger partial charge in [-0.15, -0.1) is 0 Å². The number of rotatable bonds is 3. The maximum absolute atomic E-state index is 11.9. The third kappa shape index (κ3) is 1.82. The molecule has 2 nitrogen and oxygen atoms in total. The first kappa shape index (κ1) is 9.71. The molecule has 1 aliphatic carbocycles. The highest BCUT2D eigenvalue weighted by atomic mass is 32.1. The van der Waals surface area contributed by atoms with E-state index in [2.05, 4.69) is 0 Å². The molecule has 1 fully saturated rings. The lowest BCUT2D eigenvalue weighted by molar-refractivity contribution is 0.0927. The zero-order valence-electron chi connectivity index (χ0n) is 8.29. The molecule has 0 spiro atoms. The number of ketones is 1. The molecule has 0 bridgehead atoms. The van der Waals surface area contributed by atoms with Crippen LogP contribution in [0, 0.1) is 5.92 Å². The molecule has 0 saturated heterocycles. The fraction of sp³-hybridized carbons (Fsp3) is 0.545. The van der Waals surface area contributed by atoms with Crippen molar-refractivity contribution in [1.82, 2.24) is 0 Å². The van der Waals surface area contributed by atoms with Gasteiger partial charge in [0.2, 0.25) is 0 Å². The number of hydrogen-bond donors (Lipinski definition) is 0.